The van der Waals surface area contributed by atoms with E-state index in [1.54, 1.807) is 32.4 Å². The predicted molar refractivity (Wildman–Crippen MR) is 96.9 cm³/mol. The summed E-state index contributed by atoms with van der Waals surface area (Å²) in [7, 11) is 3.20. The van der Waals surface area contributed by atoms with Crippen LogP contribution in [-0.4, -0.2) is 20.0 Å². The van der Waals surface area contributed by atoms with E-state index in [4.69, 9.17) is 9.47 Å². The number of hydrogen-bond donors (Lipinski definition) is 0. The molecule has 0 radical (unpaired) electrons. The molecule has 120 valence electrons. The minimum atomic E-state index is -0.0337. The van der Waals surface area contributed by atoms with Crippen LogP contribution < -0.4 is 9.47 Å². The smallest absolute Gasteiger partial charge is 0.186 e. The van der Waals surface area contributed by atoms with Gasteiger partial charge in [0.1, 0.15) is 11.5 Å². The lowest BCUT2D eigenvalue weighted by atomic mass is 10.0. The lowest BCUT2D eigenvalue weighted by molar-refractivity contribution is 0.104. The molecule has 0 fully saturated rings. The number of allylic oxidation sites excluding steroid dienone is 1. The number of methoxy groups -OCH3 is 2. The number of rotatable bonds is 5. The van der Waals surface area contributed by atoms with Gasteiger partial charge in [0.05, 0.1) is 14.2 Å². The summed E-state index contributed by atoms with van der Waals surface area (Å²) in [6, 6.07) is 19.1. The van der Waals surface area contributed by atoms with Gasteiger partial charge in [-0.1, -0.05) is 48.5 Å². The molecule has 3 aromatic carbocycles. The fourth-order valence-electron chi connectivity index (χ4n) is 2.63. The van der Waals surface area contributed by atoms with Gasteiger partial charge in [0.25, 0.3) is 0 Å². The molecule has 0 saturated carbocycles. The molecule has 3 aromatic rings. The van der Waals surface area contributed by atoms with Crippen molar-refractivity contribution in [3.05, 3.63) is 77.9 Å². The maximum atomic E-state index is 12.6. The molecule has 0 bridgehead atoms. The minimum Gasteiger partial charge on any atom is -0.497 e. The highest BCUT2D eigenvalue weighted by atomic mass is 16.5. The van der Waals surface area contributed by atoms with E-state index in [0.29, 0.717) is 17.1 Å². The molecule has 0 spiro atoms. The van der Waals surface area contributed by atoms with Crippen molar-refractivity contribution in [2.45, 2.75) is 0 Å². The van der Waals surface area contributed by atoms with E-state index in [9.17, 15) is 4.79 Å². The molecule has 0 aromatic heterocycles. The highest BCUT2D eigenvalue weighted by Crippen LogP contribution is 2.24. The largest absolute Gasteiger partial charge is 0.497 e. The predicted octanol–water partition coefficient (Wildman–Crippen LogP) is 4.75. The Morgan fingerprint density at radius 1 is 0.875 bits per heavy atom. The Hall–Kier alpha value is -3.07. The first-order valence-electron chi connectivity index (χ1n) is 7.64. The Kier molecular flexibility index (Phi) is 4.62. The van der Waals surface area contributed by atoms with Crippen molar-refractivity contribution in [2.24, 2.45) is 0 Å². The quantitative estimate of drug-likeness (QED) is 0.503. The van der Waals surface area contributed by atoms with Gasteiger partial charge >= 0.3 is 0 Å². The maximum absolute atomic E-state index is 12.6. The van der Waals surface area contributed by atoms with E-state index in [0.717, 1.165) is 16.3 Å². The Morgan fingerprint density at radius 3 is 2.25 bits per heavy atom. The number of carbonyl (C=O) groups is 1. The van der Waals surface area contributed by atoms with E-state index in [-0.39, 0.29) is 5.78 Å². The molecular formula is C21H18O3. The Balaban J connectivity index is 1.93. The van der Waals surface area contributed by atoms with Crippen LogP contribution in [0.25, 0.3) is 16.8 Å². The summed E-state index contributed by atoms with van der Waals surface area (Å²) >= 11 is 0. The molecule has 24 heavy (non-hydrogen) atoms. The van der Waals surface area contributed by atoms with Crippen molar-refractivity contribution in [3.8, 4) is 11.5 Å². The highest BCUT2D eigenvalue weighted by Gasteiger charge is 2.07. The van der Waals surface area contributed by atoms with E-state index >= 15 is 0 Å². The summed E-state index contributed by atoms with van der Waals surface area (Å²) in [6.07, 6.45) is 3.35. The van der Waals surface area contributed by atoms with Gasteiger partial charge in [-0.15, -0.1) is 0 Å². The molecule has 0 heterocycles. The third-order valence-electron chi connectivity index (χ3n) is 3.86. The number of benzene rings is 3. The maximum Gasteiger partial charge on any atom is 0.186 e. The Bertz CT molecular complexity index is 882. The lowest BCUT2D eigenvalue weighted by Gasteiger charge is -2.06. The van der Waals surface area contributed by atoms with Gasteiger partial charge in [-0.2, -0.15) is 0 Å². The molecule has 3 heteroatoms. The fourth-order valence-corrected chi connectivity index (χ4v) is 2.63. The van der Waals surface area contributed by atoms with Crippen molar-refractivity contribution in [1.82, 2.24) is 0 Å². The SMILES string of the molecule is COc1cc(/C=C/C(=O)c2cccc3ccccc23)cc(OC)c1. The zero-order chi connectivity index (χ0) is 16.9. The number of hydrogen-bond acceptors (Lipinski definition) is 3. The number of ether oxygens (including phenoxy) is 2. The Labute approximate surface area is 141 Å². The summed E-state index contributed by atoms with van der Waals surface area (Å²) < 4.78 is 10.5. The first kappa shape index (κ1) is 15.8. The number of fused-ring (bicyclic) bond motifs is 1. The van der Waals surface area contributed by atoms with E-state index in [1.807, 2.05) is 54.6 Å². The number of carbonyl (C=O) groups excluding carboxylic acids is 1. The molecule has 0 saturated heterocycles. The van der Waals surface area contributed by atoms with Gasteiger partial charge in [0, 0.05) is 11.6 Å². The molecule has 0 N–H and O–H groups in total. The molecule has 0 aliphatic carbocycles. The summed E-state index contributed by atoms with van der Waals surface area (Å²) in [5.41, 5.74) is 1.54. The first-order valence-corrected chi connectivity index (χ1v) is 7.64. The van der Waals surface area contributed by atoms with Crippen LogP contribution >= 0.6 is 0 Å². The van der Waals surface area contributed by atoms with Gasteiger partial charge in [-0.25, -0.2) is 0 Å². The molecule has 3 rings (SSSR count). The van der Waals surface area contributed by atoms with E-state index < -0.39 is 0 Å². The van der Waals surface area contributed by atoms with Crippen LogP contribution in [-0.2, 0) is 0 Å². The lowest BCUT2D eigenvalue weighted by Crippen LogP contribution is -1.95. The summed E-state index contributed by atoms with van der Waals surface area (Å²) in [6.45, 7) is 0. The van der Waals surface area contributed by atoms with Gasteiger partial charge in [-0.05, 0) is 34.5 Å². The van der Waals surface area contributed by atoms with Crippen molar-refractivity contribution < 1.29 is 14.3 Å². The summed E-state index contributed by atoms with van der Waals surface area (Å²) in [5.74, 6) is 1.34. The second kappa shape index (κ2) is 7.01. The zero-order valence-electron chi connectivity index (χ0n) is 13.7. The molecule has 0 aliphatic rings. The van der Waals surface area contributed by atoms with Gasteiger partial charge in [0.2, 0.25) is 0 Å². The standard InChI is InChI=1S/C21H18O3/c1-23-17-12-15(13-18(14-17)24-2)10-11-21(22)20-9-5-7-16-6-3-4-8-19(16)20/h3-14H,1-2H3/b11-10+. The zero-order valence-corrected chi connectivity index (χ0v) is 13.7. The normalized spacial score (nSPS) is 10.9. The Morgan fingerprint density at radius 2 is 1.54 bits per heavy atom. The van der Waals surface area contributed by atoms with Crippen LogP contribution in [0, 0.1) is 0 Å². The highest BCUT2D eigenvalue weighted by molar-refractivity contribution is 6.14. The number of ketones is 1. The van der Waals surface area contributed by atoms with Crippen molar-refractivity contribution in [2.75, 3.05) is 14.2 Å². The van der Waals surface area contributed by atoms with E-state index in [2.05, 4.69) is 0 Å². The second-order valence-electron chi connectivity index (χ2n) is 5.37. The summed E-state index contributed by atoms with van der Waals surface area (Å²) in [5, 5.41) is 2.01. The topological polar surface area (TPSA) is 35.5 Å². The van der Waals surface area contributed by atoms with Crippen LogP contribution in [0.1, 0.15) is 15.9 Å². The summed E-state index contributed by atoms with van der Waals surface area (Å²) in [4.78, 5) is 12.6. The molecule has 0 amide bonds. The van der Waals surface area contributed by atoms with Crippen LogP contribution in [0.4, 0.5) is 0 Å². The molecule has 3 nitrogen and oxygen atoms in total. The van der Waals surface area contributed by atoms with Crippen LogP contribution in [0.15, 0.2) is 66.7 Å². The third kappa shape index (κ3) is 3.30. The molecular weight excluding hydrogens is 300 g/mol. The van der Waals surface area contributed by atoms with Crippen LogP contribution in [0.5, 0.6) is 11.5 Å². The van der Waals surface area contributed by atoms with Crippen molar-refractivity contribution in [1.29, 1.82) is 0 Å². The molecule has 0 aliphatic heterocycles. The fraction of sp³-hybridized carbons (Fsp3) is 0.0952. The monoisotopic (exact) mass is 318 g/mol. The van der Waals surface area contributed by atoms with Gasteiger partial charge in [0.15, 0.2) is 5.78 Å². The van der Waals surface area contributed by atoms with Crippen LogP contribution in [0.2, 0.25) is 0 Å². The minimum absolute atomic E-state index is 0.0337. The van der Waals surface area contributed by atoms with Crippen molar-refractivity contribution >= 4 is 22.6 Å². The third-order valence-corrected chi connectivity index (χ3v) is 3.86. The average molecular weight is 318 g/mol. The van der Waals surface area contributed by atoms with Gasteiger partial charge < -0.3 is 9.47 Å². The van der Waals surface area contributed by atoms with E-state index in [1.165, 1.54) is 0 Å². The molecule has 0 unspecified atom stereocenters. The van der Waals surface area contributed by atoms with Crippen LogP contribution in [0.3, 0.4) is 0 Å². The first-order chi connectivity index (χ1) is 11.7. The second-order valence-corrected chi connectivity index (χ2v) is 5.37. The van der Waals surface area contributed by atoms with Gasteiger partial charge in [-0.3, -0.25) is 4.79 Å². The average Bonchev–Trinajstić information content (AvgIpc) is 2.65. The van der Waals surface area contributed by atoms with Crippen molar-refractivity contribution in [3.63, 3.8) is 0 Å². The molecule has 0 atom stereocenters.